The first-order valence-corrected chi connectivity index (χ1v) is 9.75. The van der Waals surface area contributed by atoms with Crippen molar-refractivity contribution in [2.24, 2.45) is 0 Å². The third-order valence-electron chi connectivity index (χ3n) is 5.41. The Morgan fingerprint density at radius 3 is 2.48 bits per heavy atom. The van der Waals surface area contributed by atoms with Crippen LogP contribution in [0.1, 0.15) is 22.8 Å². The molecule has 0 aliphatic heterocycles. The lowest BCUT2D eigenvalue weighted by atomic mass is 9.97. The molecule has 4 heteroatoms. The van der Waals surface area contributed by atoms with Crippen LogP contribution < -0.4 is 0 Å². The Morgan fingerprint density at radius 2 is 1.69 bits per heavy atom. The van der Waals surface area contributed by atoms with Crippen molar-refractivity contribution in [1.82, 2.24) is 9.38 Å². The van der Waals surface area contributed by atoms with Gasteiger partial charge >= 0.3 is 5.97 Å². The van der Waals surface area contributed by atoms with Gasteiger partial charge in [-0.05, 0) is 43.2 Å². The predicted octanol–water partition coefficient (Wildman–Crippen LogP) is 5.79. The SMILES string of the molecule is CCOC(=O)c1c(C)c2c(-c3ccccc3)c3cccnc3n2c2ccccc12. The number of fused-ring (bicyclic) bond motifs is 5. The van der Waals surface area contributed by atoms with Crippen LogP contribution >= 0.6 is 0 Å². The molecule has 142 valence electrons. The van der Waals surface area contributed by atoms with E-state index in [0.717, 1.165) is 44.1 Å². The van der Waals surface area contributed by atoms with Gasteiger partial charge in [0.2, 0.25) is 0 Å². The number of hydrogen-bond acceptors (Lipinski definition) is 3. The molecule has 0 aliphatic rings. The molecule has 0 saturated heterocycles. The van der Waals surface area contributed by atoms with Gasteiger partial charge in [0.05, 0.1) is 23.2 Å². The number of pyridine rings is 2. The van der Waals surface area contributed by atoms with Crippen molar-refractivity contribution in [2.75, 3.05) is 6.61 Å². The highest BCUT2D eigenvalue weighted by Gasteiger charge is 2.24. The van der Waals surface area contributed by atoms with Gasteiger partial charge in [-0.25, -0.2) is 9.78 Å². The molecule has 0 amide bonds. The van der Waals surface area contributed by atoms with Gasteiger partial charge in [0.15, 0.2) is 0 Å². The number of nitrogens with zero attached hydrogens (tertiary/aromatic N) is 2. The fraction of sp³-hybridized carbons (Fsp3) is 0.120. The Labute approximate surface area is 168 Å². The smallest absolute Gasteiger partial charge is 0.339 e. The highest BCUT2D eigenvalue weighted by atomic mass is 16.5. The molecular formula is C25H20N2O2. The fourth-order valence-electron chi connectivity index (χ4n) is 4.27. The standard InChI is InChI=1S/C25H20N2O2/c1-3-29-25(28)21-16(2)23-22(17-10-5-4-6-11-17)19-13-9-15-26-24(19)27(23)20-14-8-7-12-18(20)21/h4-15H,3H2,1-2H3. The first kappa shape index (κ1) is 17.4. The van der Waals surface area contributed by atoms with Crippen molar-refractivity contribution in [2.45, 2.75) is 13.8 Å². The minimum atomic E-state index is -0.291. The van der Waals surface area contributed by atoms with Gasteiger partial charge in [0, 0.05) is 22.5 Å². The Hall–Kier alpha value is -3.66. The van der Waals surface area contributed by atoms with Crippen molar-refractivity contribution in [3.05, 3.63) is 84.1 Å². The van der Waals surface area contributed by atoms with E-state index in [-0.39, 0.29) is 5.97 Å². The molecule has 0 radical (unpaired) electrons. The van der Waals surface area contributed by atoms with E-state index >= 15 is 0 Å². The van der Waals surface area contributed by atoms with Crippen LogP contribution in [0, 0.1) is 6.92 Å². The molecule has 0 fully saturated rings. The van der Waals surface area contributed by atoms with Crippen LogP contribution in [0.15, 0.2) is 72.9 Å². The second-order valence-electron chi connectivity index (χ2n) is 7.04. The van der Waals surface area contributed by atoms with E-state index < -0.39 is 0 Å². The second-order valence-corrected chi connectivity index (χ2v) is 7.04. The first-order chi connectivity index (χ1) is 14.2. The van der Waals surface area contributed by atoms with Crippen LogP contribution in [-0.4, -0.2) is 22.0 Å². The summed E-state index contributed by atoms with van der Waals surface area (Å²) in [4.78, 5) is 17.6. The largest absolute Gasteiger partial charge is 0.462 e. The lowest BCUT2D eigenvalue weighted by Gasteiger charge is -2.14. The Kier molecular flexibility index (Phi) is 4.06. The molecule has 3 aromatic heterocycles. The van der Waals surface area contributed by atoms with Crippen LogP contribution in [0.4, 0.5) is 0 Å². The monoisotopic (exact) mass is 380 g/mol. The maximum absolute atomic E-state index is 12.9. The fourth-order valence-corrected chi connectivity index (χ4v) is 4.27. The number of aromatic nitrogens is 2. The molecule has 2 aromatic carbocycles. The van der Waals surface area contributed by atoms with E-state index in [9.17, 15) is 4.79 Å². The number of rotatable bonds is 3. The zero-order valence-corrected chi connectivity index (χ0v) is 16.3. The quantitative estimate of drug-likeness (QED) is 0.372. The van der Waals surface area contributed by atoms with Gasteiger partial charge in [-0.3, -0.25) is 4.40 Å². The molecular weight excluding hydrogens is 360 g/mol. The van der Waals surface area contributed by atoms with Gasteiger partial charge in [-0.2, -0.15) is 0 Å². The minimum absolute atomic E-state index is 0.291. The molecule has 3 heterocycles. The number of para-hydroxylation sites is 1. The lowest BCUT2D eigenvalue weighted by molar-refractivity contribution is 0.0528. The number of aryl methyl sites for hydroxylation is 1. The van der Waals surface area contributed by atoms with Crippen molar-refractivity contribution in [3.63, 3.8) is 0 Å². The normalized spacial score (nSPS) is 11.4. The Balaban J connectivity index is 2.07. The number of carbonyl (C=O) groups excluding carboxylic acids is 1. The highest BCUT2D eigenvalue weighted by Crippen LogP contribution is 2.40. The van der Waals surface area contributed by atoms with Gasteiger partial charge < -0.3 is 4.74 Å². The number of carbonyl (C=O) groups is 1. The summed E-state index contributed by atoms with van der Waals surface area (Å²) in [6.07, 6.45) is 1.81. The number of hydrogen-bond donors (Lipinski definition) is 0. The first-order valence-electron chi connectivity index (χ1n) is 9.75. The maximum Gasteiger partial charge on any atom is 0.339 e. The highest BCUT2D eigenvalue weighted by molar-refractivity contribution is 6.14. The van der Waals surface area contributed by atoms with Crippen molar-refractivity contribution >= 4 is 33.4 Å². The van der Waals surface area contributed by atoms with E-state index in [1.165, 1.54) is 0 Å². The molecule has 0 unspecified atom stereocenters. The van der Waals surface area contributed by atoms with Crippen molar-refractivity contribution in [1.29, 1.82) is 0 Å². The molecule has 0 spiro atoms. The summed E-state index contributed by atoms with van der Waals surface area (Å²) in [6, 6.07) is 22.3. The van der Waals surface area contributed by atoms with Crippen LogP contribution in [-0.2, 0) is 4.74 Å². The predicted molar refractivity (Wildman–Crippen MR) is 116 cm³/mol. The zero-order chi connectivity index (χ0) is 20.0. The Bertz CT molecular complexity index is 1380. The topological polar surface area (TPSA) is 43.6 Å². The summed E-state index contributed by atoms with van der Waals surface area (Å²) in [5, 5.41) is 1.94. The molecule has 29 heavy (non-hydrogen) atoms. The van der Waals surface area contributed by atoms with E-state index in [4.69, 9.17) is 9.72 Å². The summed E-state index contributed by atoms with van der Waals surface area (Å²) in [7, 11) is 0. The third-order valence-corrected chi connectivity index (χ3v) is 5.41. The van der Waals surface area contributed by atoms with Crippen LogP contribution in [0.25, 0.3) is 38.6 Å². The van der Waals surface area contributed by atoms with E-state index in [2.05, 4.69) is 22.6 Å². The average Bonchev–Trinajstić information content (AvgIpc) is 3.11. The van der Waals surface area contributed by atoms with E-state index in [1.807, 2.05) is 68.6 Å². The van der Waals surface area contributed by atoms with Gasteiger partial charge in [0.25, 0.3) is 0 Å². The van der Waals surface area contributed by atoms with Gasteiger partial charge in [-0.15, -0.1) is 0 Å². The summed E-state index contributed by atoms with van der Waals surface area (Å²) in [5.74, 6) is -0.291. The van der Waals surface area contributed by atoms with Crippen molar-refractivity contribution < 1.29 is 9.53 Å². The Morgan fingerprint density at radius 1 is 0.966 bits per heavy atom. The molecule has 0 N–H and O–H groups in total. The summed E-state index contributed by atoms with van der Waals surface area (Å²) < 4.78 is 7.59. The molecule has 0 saturated carbocycles. The van der Waals surface area contributed by atoms with Gasteiger partial charge in [0.1, 0.15) is 5.65 Å². The maximum atomic E-state index is 12.9. The van der Waals surface area contributed by atoms with Crippen LogP contribution in [0.3, 0.4) is 0 Å². The van der Waals surface area contributed by atoms with Gasteiger partial charge in [-0.1, -0.05) is 48.5 Å². The number of esters is 1. The number of benzene rings is 2. The van der Waals surface area contributed by atoms with E-state index in [1.54, 1.807) is 0 Å². The van der Waals surface area contributed by atoms with E-state index in [0.29, 0.717) is 12.2 Å². The minimum Gasteiger partial charge on any atom is -0.462 e. The molecule has 0 atom stereocenters. The molecule has 5 rings (SSSR count). The molecule has 0 bridgehead atoms. The molecule has 5 aromatic rings. The van der Waals surface area contributed by atoms with Crippen molar-refractivity contribution in [3.8, 4) is 11.1 Å². The number of ether oxygens (including phenoxy) is 1. The molecule has 4 nitrogen and oxygen atoms in total. The third kappa shape index (κ3) is 2.53. The average molecular weight is 380 g/mol. The lowest BCUT2D eigenvalue weighted by Crippen LogP contribution is -2.10. The summed E-state index contributed by atoms with van der Waals surface area (Å²) in [6.45, 7) is 4.17. The van der Waals surface area contributed by atoms with Crippen LogP contribution in [0.5, 0.6) is 0 Å². The molecule has 0 aliphatic carbocycles. The summed E-state index contributed by atoms with van der Waals surface area (Å²) >= 11 is 0. The summed E-state index contributed by atoms with van der Waals surface area (Å²) in [5.41, 5.74) is 6.53. The zero-order valence-electron chi connectivity index (χ0n) is 16.3. The second kappa shape index (κ2) is 6.74. The van der Waals surface area contributed by atoms with Crippen LogP contribution in [0.2, 0.25) is 0 Å².